The van der Waals surface area contributed by atoms with Crippen LogP contribution in [-0.4, -0.2) is 49.5 Å². The Morgan fingerprint density at radius 2 is 2.00 bits per heavy atom. The largest absolute Gasteiger partial charge is 0.357 e. The number of anilines is 1. The highest BCUT2D eigenvalue weighted by atomic mass is 16.1. The molecule has 0 aliphatic carbocycles. The predicted octanol–water partition coefficient (Wildman–Crippen LogP) is 2.19. The van der Waals surface area contributed by atoms with E-state index in [1.165, 1.54) is 39.3 Å². The van der Waals surface area contributed by atoms with Crippen molar-refractivity contribution in [3.05, 3.63) is 29.8 Å². The lowest BCUT2D eigenvalue weighted by Crippen LogP contribution is -2.42. The van der Waals surface area contributed by atoms with Gasteiger partial charge in [0.25, 0.3) is 0 Å². The van der Waals surface area contributed by atoms with Crippen LogP contribution < -0.4 is 16.0 Å². The zero-order valence-electron chi connectivity index (χ0n) is 15.5. The number of carbonyl (C=O) groups excluding carboxylic acids is 1. The molecule has 6 nitrogen and oxygen atoms in total. The lowest BCUT2D eigenvalue weighted by atomic mass is 10.1. The second-order valence-corrected chi connectivity index (χ2v) is 6.41. The smallest absolute Gasteiger partial charge is 0.221 e. The number of guanidine groups is 1. The van der Waals surface area contributed by atoms with Crippen LogP contribution in [-0.2, 0) is 11.3 Å². The predicted molar refractivity (Wildman–Crippen MR) is 104 cm³/mol. The van der Waals surface area contributed by atoms with E-state index in [1.54, 1.807) is 0 Å². The molecule has 0 spiro atoms. The van der Waals surface area contributed by atoms with Crippen LogP contribution in [0, 0.1) is 0 Å². The highest BCUT2D eigenvalue weighted by molar-refractivity contribution is 5.88. The van der Waals surface area contributed by atoms with Crippen molar-refractivity contribution in [1.82, 2.24) is 15.5 Å². The molecule has 0 bridgehead atoms. The molecule has 6 heteroatoms. The minimum Gasteiger partial charge on any atom is -0.357 e. The van der Waals surface area contributed by atoms with Gasteiger partial charge in [-0.05, 0) is 50.6 Å². The van der Waals surface area contributed by atoms with Crippen LogP contribution in [0.1, 0.15) is 38.7 Å². The minimum atomic E-state index is -0.0617. The second-order valence-electron chi connectivity index (χ2n) is 6.41. The van der Waals surface area contributed by atoms with Gasteiger partial charge in [0, 0.05) is 32.2 Å². The van der Waals surface area contributed by atoms with Crippen LogP contribution in [0.15, 0.2) is 29.3 Å². The third-order valence-corrected chi connectivity index (χ3v) is 4.18. The molecule has 1 aromatic carbocycles. The number of hydrogen-bond donors (Lipinski definition) is 3. The van der Waals surface area contributed by atoms with Crippen LogP contribution in [0.25, 0.3) is 0 Å². The fourth-order valence-corrected chi connectivity index (χ4v) is 2.98. The van der Waals surface area contributed by atoms with Crippen molar-refractivity contribution in [2.24, 2.45) is 4.99 Å². The molecule has 1 aliphatic rings. The maximum Gasteiger partial charge on any atom is 0.221 e. The van der Waals surface area contributed by atoms with E-state index in [0.29, 0.717) is 6.54 Å². The summed E-state index contributed by atoms with van der Waals surface area (Å²) in [7, 11) is 0. The normalized spacial score (nSPS) is 15.7. The molecule has 0 radical (unpaired) electrons. The van der Waals surface area contributed by atoms with Gasteiger partial charge in [0.15, 0.2) is 5.96 Å². The van der Waals surface area contributed by atoms with Gasteiger partial charge >= 0.3 is 0 Å². The van der Waals surface area contributed by atoms with E-state index in [-0.39, 0.29) is 5.91 Å². The molecule has 3 N–H and O–H groups in total. The number of benzene rings is 1. The molecule has 0 atom stereocenters. The van der Waals surface area contributed by atoms with Gasteiger partial charge in [0.05, 0.1) is 6.54 Å². The number of rotatable bonds is 7. The molecular formula is C19H31N5O. The first-order chi connectivity index (χ1) is 12.2. The van der Waals surface area contributed by atoms with E-state index < -0.39 is 0 Å². The first kappa shape index (κ1) is 19.2. The van der Waals surface area contributed by atoms with E-state index in [2.05, 4.69) is 32.8 Å². The zero-order valence-corrected chi connectivity index (χ0v) is 15.5. The summed E-state index contributed by atoms with van der Waals surface area (Å²) in [4.78, 5) is 18.3. The molecule has 1 aliphatic heterocycles. The number of piperidine rings is 1. The van der Waals surface area contributed by atoms with Gasteiger partial charge in [-0.1, -0.05) is 18.6 Å². The SMILES string of the molecule is CCNC(=NCc1cccc(NC(C)=O)c1)NCCN1CCCCC1. The van der Waals surface area contributed by atoms with E-state index in [0.717, 1.165) is 36.8 Å². The van der Waals surface area contributed by atoms with Gasteiger partial charge < -0.3 is 20.9 Å². The minimum absolute atomic E-state index is 0.0617. The van der Waals surface area contributed by atoms with Crippen molar-refractivity contribution in [1.29, 1.82) is 0 Å². The summed E-state index contributed by atoms with van der Waals surface area (Å²) < 4.78 is 0. The van der Waals surface area contributed by atoms with Gasteiger partial charge in [-0.2, -0.15) is 0 Å². The first-order valence-electron chi connectivity index (χ1n) is 9.28. The van der Waals surface area contributed by atoms with Crippen molar-refractivity contribution >= 4 is 17.6 Å². The average molecular weight is 345 g/mol. The Bertz CT molecular complexity index is 567. The van der Waals surface area contributed by atoms with Crippen LogP contribution in [0.4, 0.5) is 5.69 Å². The summed E-state index contributed by atoms with van der Waals surface area (Å²) in [5, 5.41) is 9.51. The lowest BCUT2D eigenvalue weighted by Gasteiger charge is -2.26. The Balaban J connectivity index is 1.84. The molecule has 0 aromatic heterocycles. The molecule has 2 rings (SSSR count). The number of aliphatic imine (C=N–C) groups is 1. The summed E-state index contributed by atoms with van der Waals surface area (Å²) in [6.45, 7) is 9.38. The first-order valence-corrected chi connectivity index (χ1v) is 9.28. The summed E-state index contributed by atoms with van der Waals surface area (Å²) >= 11 is 0. The number of likely N-dealkylation sites (tertiary alicyclic amines) is 1. The Kier molecular flexibility index (Phi) is 8.25. The van der Waals surface area contributed by atoms with Crippen molar-refractivity contribution in [2.75, 3.05) is 38.0 Å². The summed E-state index contributed by atoms with van der Waals surface area (Å²) in [6, 6.07) is 7.80. The van der Waals surface area contributed by atoms with Crippen molar-refractivity contribution in [3.8, 4) is 0 Å². The Hall–Kier alpha value is -2.08. The van der Waals surface area contributed by atoms with Gasteiger partial charge in [-0.3, -0.25) is 4.79 Å². The standard InChI is InChI=1S/C19H31N5O/c1-3-20-19(21-10-13-24-11-5-4-6-12-24)22-15-17-8-7-9-18(14-17)23-16(2)25/h7-9,14H,3-6,10-13,15H2,1-2H3,(H,23,25)(H2,20,21,22). The molecule has 25 heavy (non-hydrogen) atoms. The number of amides is 1. The summed E-state index contributed by atoms with van der Waals surface area (Å²) in [6.07, 6.45) is 4.00. The topological polar surface area (TPSA) is 68.8 Å². The maximum atomic E-state index is 11.2. The molecule has 1 amide bonds. The fourth-order valence-electron chi connectivity index (χ4n) is 2.98. The van der Waals surface area contributed by atoms with Crippen LogP contribution in [0.3, 0.4) is 0 Å². The van der Waals surface area contributed by atoms with Gasteiger partial charge in [0.1, 0.15) is 0 Å². The Morgan fingerprint density at radius 3 is 2.72 bits per heavy atom. The second kappa shape index (κ2) is 10.7. The lowest BCUT2D eigenvalue weighted by molar-refractivity contribution is -0.114. The van der Waals surface area contributed by atoms with Gasteiger partial charge in [0.2, 0.25) is 5.91 Å². The number of nitrogens with one attached hydrogen (secondary N) is 3. The number of carbonyl (C=O) groups is 1. The summed E-state index contributed by atoms with van der Waals surface area (Å²) in [5.74, 6) is 0.776. The van der Waals surface area contributed by atoms with Crippen LogP contribution >= 0.6 is 0 Å². The monoisotopic (exact) mass is 345 g/mol. The molecule has 1 aromatic rings. The molecule has 1 saturated heterocycles. The van der Waals surface area contributed by atoms with E-state index in [4.69, 9.17) is 0 Å². The quantitative estimate of drug-likeness (QED) is 0.523. The molecule has 1 fully saturated rings. The molecule has 138 valence electrons. The third kappa shape index (κ3) is 7.56. The number of hydrogen-bond acceptors (Lipinski definition) is 3. The van der Waals surface area contributed by atoms with Crippen LogP contribution in [0.2, 0.25) is 0 Å². The third-order valence-electron chi connectivity index (χ3n) is 4.18. The van der Waals surface area contributed by atoms with Crippen molar-refractivity contribution in [2.45, 2.75) is 39.7 Å². The highest BCUT2D eigenvalue weighted by Crippen LogP contribution is 2.11. The van der Waals surface area contributed by atoms with Gasteiger partial charge in [-0.15, -0.1) is 0 Å². The van der Waals surface area contributed by atoms with Crippen molar-refractivity contribution < 1.29 is 4.79 Å². The van der Waals surface area contributed by atoms with E-state index >= 15 is 0 Å². The maximum absolute atomic E-state index is 11.2. The molecule has 0 saturated carbocycles. The van der Waals surface area contributed by atoms with Crippen LogP contribution in [0.5, 0.6) is 0 Å². The average Bonchev–Trinajstić information content (AvgIpc) is 2.60. The van der Waals surface area contributed by atoms with E-state index in [9.17, 15) is 4.79 Å². The zero-order chi connectivity index (χ0) is 17.9. The molecule has 0 unspecified atom stereocenters. The molecular weight excluding hydrogens is 314 g/mol. The highest BCUT2D eigenvalue weighted by Gasteiger charge is 2.09. The Morgan fingerprint density at radius 1 is 1.20 bits per heavy atom. The van der Waals surface area contributed by atoms with Crippen molar-refractivity contribution in [3.63, 3.8) is 0 Å². The Labute approximate surface area is 151 Å². The van der Waals surface area contributed by atoms with E-state index in [1.807, 2.05) is 24.3 Å². The molecule has 1 heterocycles. The summed E-state index contributed by atoms with van der Waals surface area (Å²) in [5.41, 5.74) is 1.88. The number of nitrogens with zero attached hydrogens (tertiary/aromatic N) is 2. The fraction of sp³-hybridized carbons (Fsp3) is 0.579. The van der Waals surface area contributed by atoms with Gasteiger partial charge in [-0.25, -0.2) is 4.99 Å².